The number of carbonyl (C=O) groups excluding carboxylic acids is 2. The van der Waals surface area contributed by atoms with E-state index in [2.05, 4.69) is 4.98 Å². The Morgan fingerprint density at radius 3 is 2.19 bits per heavy atom. The Balaban J connectivity index is 1.90. The number of nitrogens with zero attached hydrogens (tertiary/aromatic N) is 2. The van der Waals surface area contributed by atoms with Gasteiger partial charge in [-0.2, -0.15) is 0 Å². The number of primary amides is 1. The summed E-state index contributed by atoms with van der Waals surface area (Å²) < 4.78 is 0. The molecule has 1 heterocycles. The van der Waals surface area contributed by atoms with Gasteiger partial charge in [0, 0.05) is 30.3 Å². The van der Waals surface area contributed by atoms with Gasteiger partial charge in [-0.3, -0.25) is 19.4 Å². The normalized spacial score (nSPS) is 11.5. The van der Waals surface area contributed by atoms with Gasteiger partial charge in [0.25, 0.3) is 5.91 Å². The van der Waals surface area contributed by atoms with E-state index in [1.54, 1.807) is 30.5 Å². The number of pyridine rings is 1. The van der Waals surface area contributed by atoms with Crippen LogP contribution in [0.15, 0.2) is 79.0 Å². The van der Waals surface area contributed by atoms with Crippen LogP contribution in [0, 0.1) is 0 Å². The Hall–Kier alpha value is -4.00. The molecule has 2 aromatic carbocycles. The van der Waals surface area contributed by atoms with Gasteiger partial charge in [0.05, 0.1) is 5.69 Å². The number of amides is 2. The predicted molar refractivity (Wildman–Crippen MR) is 116 cm³/mol. The zero-order valence-corrected chi connectivity index (χ0v) is 16.8. The van der Waals surface area contributed by atoms with Crippen LogP contribution in [0.2, 0.25) is 0 Å². The van der Waals surface area contributed by atoms with Crippen molar-refractivity contribution in [1.82, 2.24) is 9.88 Å². The van der Waals surface area contributed by atoms with Crippen molar-refractivity contribution in [2.24, 2.45) is 5.73 Å². The maximum absolute atomic E-state index is 13.3. The van der Waals surface area contributed by atoms with Gasteiger partial charge in [0.2, 0.25) is 5.91 Å². The van der Waals surface area contributed by atoms with E-state index in [1.165, 1.54) is 4.90 Å². The molecule has 2 amide bonds. The van der Waals surface area contributed by atoms with Gasteiger partial charge in [-0.15, -0.1) is 0 Å². The fourth-order valence-corrected chi connectivity index (χ4v) is 3.30. The molecule has 7 heteroatoms. The Labute approximate surface area is 180 Å². The number of hydrogen-bond acceptors (Lipinski definition) is 4. The van der Waals surface area contributed by atoms with Gasteiger partial charge in [-0.25, -0.2) is 0 Å². The summed E-state index contributed by atoms with van der Waals surface area (Å²) in [4.78, 5) is 42.2. The first-order chi connectivity index (χ1) is 15.0. The maximum atomic E-state index is 13.3. The van der Waals surface area contributed by atoms with E-state index in [-0.39, 0.29) is 19.4 Å². The van der Waals surface area contributed by atoms with Crippen LogP contribution in [0.3, 0.4) is 0 Å². The fourth-order valence-electron chi connectivity index (χ4n) is 3.30. The van der Waals surface area contributed by atoms with Crippen LogP contribution in [0.25, 0.3) is 11.3 Å². The summed E-state index contributed by atoms with van der Waals surface area (Å²) in [5, 5.41) is 9.05. The van der Waals surface area contributed by atoms with Gasteiger partial charge >= 0.3 is 5.97 Å². The first-order valence-electron chi connectivity index (χ1n) is 9.83. The summed E-state index contributed by atoms with van der Waals surface area (Å²) in [6.07, 6.45) is 1.36. The molecule has 0 radical (unpaired) electrons. The van der Waals surface area contributed by atoms with Crippen molar-refractivity contribution in [3.63, 3.8) is 0 Å². The lowest BCUT2D eigenvalue weighted by molar-refractivity contribution is -0.137. The molecule has 3 N–H and O–H groups in total. The lowest BCUT2D eigenvalue weighted by atomic mass is 10.0. The number of aliphatic carboxylic acids is 1. The molecule has 1 atom stereocenters. The van der Waals surface area contributed by atoms with E-state index < -0.39 is 23.8 Å². The number of carbonyl (C=O) groups is 3. The molecule has 7 nitrogen and oxygen atoms in total. The second-order valence-electron chi connectivity index (χ2n) is 7.06. The van der Waals surface area contributed by atoms with Gasteiger partial charge in [-0.05, 0) is 36.2 Å². The van der Waals surface area contributed by atoms with Crippen molar-refractivity contribution in [2.45, 2.75) is 25.4 Å². The first kappa shape index (κ1) is 21.7. The molecule has 0 aliphatic carbocycles. The molecule has 0 aliphatic heterocycles. The molecule has 3 rings (SSSR count). The molecule has 0 aliphatic rings. The Bertz CT molecular complexity index is 1040. The topological polar surface area (TPSA) is 114 Å². The van der Waals surface area contributed by atoms with Crippen molar-refractivity contribution in [1.29, 1.82) is 0 Å². The number of carboxylic acids is 1. The highest BCUT2D eigenvalue weighted by atomic mass is 16.4. The fraction of sp³-hybridized carbons (Fsp3) is 0.167. The molecule has 1 aromatic heterocycles. The largest absolute Gasteiger partial charge is 0.481 e. The van der Waals surface area contributed by atoms with Crippen molar-refractivity contribution >= 4 is 17.8 Å². The number of nitrogens with two attached hydrogens (primary N) is 1. The van der Waals surface area contributed by atoms with E-state index in [9.17, 15) is 14.4 Å². The van der Waals surface area contributed by atoms with Crippen LogP contribution in [0.5, 0.6) is 0 Å². The molecular formula is C24H23N3O4. The minimum Gasteiger partial charge on any atom is -0.481 e. The zero-order chi connectivity index (χ0) is 22.2. The summed E-state index contributed by atoms with van der Waals surface area (Å²) in [6.45, 7) is 0.134. The smallest absolute Gasteiger partial charge is 0.303 e. The van der Waals surface area contributed by atoms with Gasteiger partial charge < -0.3 is 15.7 Å². The van der Waals surface area contributed by atoms with Gasteiger partial charge in [0.1, 0.15) is 6.04 Å². The van der Waals surface area contributed by atoms with Crippen molar-refractivity contribution in [3.05, 3.63) is 90.1 Å². The number of benzene rings is 2. The lowest BCUT2D eigenvalue weighted by Gasteiger charge is -2.30. The van der Waals surface area contributed by atoms with E-state index >= 15 is 0 Å². The molecule has 0 saturated carbocycles. The second kappa shape index (κ2) is 10.2. The van der Waals surface area contributed by atoms with E-state index in [4.69, 9.17) is 10.8 Å². The third kappa shape index (κ3) is 5.76. The molecule has 0 bridgehead atoms. The highest BCUT2D eigenvalue weighted by Crippen LogP contribution is 2.20. The van der Waals surface area contributed by atoms with Gasteiger partial charge in [0.15, 0.2) is 0 Å². The Kier molecular flexibility index (Phi) is 7.11. The van der Waals surface area contributed by atoms with Crippen LogP contribution < -0.4 is 5.73 Å². The lowest BCUT2D eigenvalue weighted by Crippen LogP contribution is -2.47. The Morgan fingerprint density at radius 2 is 1.61 bits per heavy atom. The third-order valence-corrected chi connectivity index (χ3v) is 4.89. The first-order valence-corrected chi connectivity index (χ1v) is 9.83. The number of carboxylic acid groups (broad SMARTS) is 1. The molecule has 0 saturated heterocycles. The highest BCUT2D eigenvalue weighted by molar-refractivity contribution is 5.97. The second-order valence-corrected chi connectivity index (χ2v) is 7.06. The highest BCUT2D eigenvalue weighted by Gasteiger charge is 2.29. The quantitative estimate of drug-likeness (QED) is 0.555. The molecule has 0 fully saturated rings. The molecule has 3 aromatic rings. The molecule has 0 spiro atoms. The third-order valence-electron chi connectivity index (χ3n) is 4.89. The monoisotopic (exact) mass is 417 g/mol. The van der Waals surface area contributed by atoms with Crippen LogP contribution in [0.1, 0.15) is 28.8 Å². The molecule has 158 valence electrons. The average Bonchev–Trinajstić information content (AvgIpc) is 2.79. The summed E-state index contributed by atoms with van der Waals surface area (Å²) in [5.74, 6) is -2.20. The maximum Gasteiger partial charge on any atom is 0.303 e. The standard InChI is InChI=1S/C24H23N3O4/c25-23(30)21(13-14-22(28)29)27(16-17-6-2-1-3-7-17)24(31)19-11-9-18(10-12-19)20-8-4-5-15-26-20/h1-12,15,21H,13-14,16H2,(H2,25,30)(H,28,29)/t21-/m0/s1. The van der Waals surface area contributed by atoms with Crippen LogP contribution in [-0.2, 0) is 16.1 Å². The van der Waals surface area contributed by atoms with E-state index in [0.29, 0.717) is 5.56 Å². The minimum absolute atomic E-state index is 0.0603. The Morgan fingerprint density at radius 1 is 0.935 bits per heavy atom. The van der Waals surface area contributed by atoms with E-state index in [0.717, 1.165) is 16.8 Å². The van der Waals surface area contributed by atoms with Gasteiger partial charge in [-0.1, -0.05) is 48.5 Å². The van der Waals surface area contributed by atoms with Crippen molar-refractivity contribution in [3.8, 4) is 11.3 Å². The van der Waals surface area contributed by atoms with Crippen LogP contribution in [-0.4, -0.2) is 38.8 Å². The predicted octanol–water partition coefficient (Wildman–Crippen LogP) is 3.11. The van der Waals surface area contributed by atoms with Crippen LogP contribution >= 0.6 is 0 Å². The number of aromatic nitrogens is 1. The summed E-state index contributed by atoms with van der Waals surface area (Å²) >= 11 is 0. The van der Waals surface area contributed by atoms with Crippen molar-refractivity contribution in [2.75, 3.05) is 0 Å². The van der Waals surface area contributed by atoms with E-state index in [1.807, 2.05) is 48.5 Å². The van der Waals surface area contributed by atoms with Crippen LogP contribution in [0.4, 0.5) is 0 Å². The molecule has 31 heavy (non-hydrogen) atoms. The molecular weight excluding hydrogens is 394 g/mol. The summed E-state index contributed by atoms with van der Waals surface area (Å²) in [5.41, 5.74) is 8.37. The summed E-state index contributed by atoms with van der Waals surface area (Å²) in [6, 6.07) is 20.6. The number of hydrogen-bond donors (Lipinski definition) is 2. The zero-order valence-electron chi connectivity index (χ0n) is 16.8. The summed E-state index contributed by atoms with van der Waals surface area (Å²) in [7, 11) is 0. The minimum atomic E-state index is -1.06. The SMILES string of the molecule is NC(=O)[C@H](CCC(=O)O)N(Cc1ccccc1)C(=O)c1ccc(-c2ccccn2)cc1. The number of rotatable bonds is 9. The molecule has 0 unspecified atom stereocenters. The van der Waals surface area contributed by atoms with Crippen molar-refractivity contribution < 1.29 is 19.5 Å². The average molecular weight is 417 g/mol.